The molecule has 0 atom stereocenters. The molecule has 3 aromatic rings. The van der Waals surface area contributed by atoms with E-state index in [1.165, 1.54) is 12.1 Å². The van der Waals surface area contributed by atoms with E-state index in [4.69, 9.17) is 10.00 Å². The van der Waals surface area contributed by atoms with E-state index in [2.05, 4.69) is 6.58 Å². The Bertz CT molecular complexity index is 1020. The van der Waals surface area contributed by atoms with E-state index < -0.39 is 34.6 Å². The molecule has 0 aliphatic rings. The molecule has 0 amide bonds. The van der Waals surface area contributed by atoms with Gasteiger partial charge in [0.25, 0.3) is 0 Å². The van der Waals surface area contributed by atoms with Crippen LogP contribution in [0.15, 0.2) is 55.1 Å². The molecular formula is C21H11F4NO. The van der Waals surface area contributed by atoms with E-state index in [0.717, 1.165) is 22.8 Å². The summed E-state index contributed by atoms with van der Waals surface area (Å²) in [5.41, 5.74) is 1.31. The van der Waals surface area contributed by atoms with Crippen molar-refractivity contribution < 1.29 is 22.3 Å². The molecule has 3 aromatic carbocycles. The first kappa shape index (κ1) is 18.2. The van der Waals surface area contributed by atoms with Gasteiger partial charge in [0.1, 0.15) is 17.4 Å². The molecule has 0 aliphatic heterocycles. The van der Waals surface area contributed by atoms with Gasteiger partial charge in [-0.05, 0) is 28.8 Å². The lowest BCUT2D eigenvalue weighted by Crippen LogP contribution is -2.04. The third-order valence-corrected chi connectivity index (χ3v) is 3.89. The predicted molar refractivity (Wildman–Crippen MR) is 93.0 cm³/mol. The summed E-state index contributed by atoms with van der Waals surface area (Å²) in [4.78, 5) is 0. The van der Waals surface area contributed by atoms with E-state index in [0.29, 0.717) is 0 Å². The zero-order chi connectivity index (χ0) is 19.6. The maximum atomic E-state index is 13.9. The maximum Gasteiger partial charge on any atom is 0.205 e. The van der Waals surface area contributed by atoms with Crippen LogP contribution in [-0.2, 0) is 0 Å². The maximum absolute atomic E-state index is 13.9. The summed E-state index contributed by atoms with van der Waals surface area (Å²) in [5.74, 6) is -8.41. The number of halogens is 4. The smallest absolute Gasteiger partial charge is 0.205 e. The summed E-state index contributed by atoms with van der Waals surface area (Å²) < 4.78 is 60.2. The molecule has 0 fully saturated rings. The van der Waals surface area contributed by atoms with E-state index >= 15 is 0 Å². The molecule has 3 rings (SSSR count). The second-order valence-electron chi connectivity index (χ2n) is 5.52. The molecule has 27 heavy (non-hydrogen) atoms. The first-order valence-electron chi connectivity index (χ1n) is 7.73. The van der Waals surface area contributed by atoms with Crippen LogP contribution in [0.25, 0.3) is 17.2 Å². The molecule has 0 saturated heterocycles. The third kappa shape index (κ3) is 3.40. The van der Waals surface area contributed by atoms with Crippen molar-refractivity contribution in [3.8, 4) is 28.7 Å². The van der Waals surface area contributed by atoms with Crippen LogP contribution in [0, 0.1) is 34.6 Å². The fraction of sp³-hybridized carbons (Fsp3) is 0. The number of benzene rings is 3. The Morgan fingerprint density at radius 3 is 1.70 bits per heavy atom. The Labute approximate surface area is 152 Å². The van der Waals surface area contributed by atoms with Gasteiger partial charge < -0.3 is 4.74 Å². The zero-order valence-corrected chi connectivity index (χ0v) is 13.8. The Morgan fingerprint density at radius 2 is 1.26 bits per heavy atom. The molecule has 0 bridgehead atoms. The summed E-state index contributed by atoms with van der Waals surface area (Å²) in [6, 6.07) is 14.6. The minimum Gasteiger partial charge on any atom is -0.451 e. The highest BCUT2D eigenvalue weighted by atomic mass is 19.2. The highest BCUT2D eigenvalue weighted by molar-refractivity contribution is 5.66. The second-order valence-corrected chi connectivity index (χ2v) is 5.52. The molecule has 0 N–H and O–H groups in total. The summed E-state index contributed by atoms with van der Waals surface area (Å²) in [6.07, 6.45) is 1.71. The molecule has 6 heteroatoms. The van der Waals surface area contributed by atoms with Crippen LogP contribution in [0.3, 0.4) is 0 Å². The van der Waals surface area contributed by atoms with Crippen LogP contribution >= 0.6 is 0 Å². The summed E-state index contributed by atoms with van der Waals surface area (Å²) in [6.45, 7) is 3.67. The van der Waals surface area contributed by atoms with Gasteiger partial charge in [-0.3, -0.25) is 0 Å². The first-order chi connectivity index (χ1) is 13.0. The van der Waals surface area contributed by atoms with Crippen LogP contribution < -0.4 is 4.74 Å². The monoisotopic (exact) mass is 369 g/mol. The van der Waals surface area contributed by atoms with E-state index in [-0.39, 0.29) is 5.75 Å². The standard InChI is InChI=1S/C21H11F4NO/c1-2-12-3-5-13(6-4-12)14-7-9-15(10-8-14)27-21-19(24)17(22)16(11-26)18(23)20(21)25/h2-10H,1H2. The van der Waals surface area contributed by atoms with Crippen molar-refractivity contribution in [2.45, 2.75) is 0 Å². The molecule has 0 spiro atoms. The fourth-order valence-electron chi connectivity index (χ4n) is 2.44. The average molecular weight is 369 g/mol. The Hall–Kier alpha value is -3.59. The minimum atomic E-state index is -1.80. The van der Waals surface area contributed by atoms with Crippen molar-refractivity contribution in [2.75, 3.05) is 0 Å². The number of nitriles is 1. The van der Waals surface area contributed by atoms with Gasteiger partial charge in [0.2, 0.25) is 17.4 Å². The van der Waals surface area contributed by atoms with Crippen molar-refractivity contribution in [1.29, 1.82) is 5.26 Å². The van der Waals surface area contributed by atoms with Crippen molar-refractivity contribution in [3.05, 3.63) is 89.5 Å². The van der Waals surface area contributed by atoms with Gasteiger partial charge in [-0.1, -0.05) is 49.1 Å². The number of hydrogen-bond donors (Lipinski definition) is 0. The quantitative estimate of drug-likeness (QED) is 0.404. The largest absolute Gasteiger partial charge is 0.451 e. The molecule has 0 aromatic heterocycles. The Kier molecular flexibility index (Phi) is 4.95. The van der Waals surface area contributed by atoms with E-state index in [1.54, 1.807) is 18.2 Å². The van der Waals surface area contributed by atoms with Gasteiger partial charge in [0, 0.05) is 0 Å². The molecule has 0 aliphatic carbocycles. The third-order valence-electron chi connectivity index (χ3n) is 3.89. The predicted octanol–water partition coefficient (Wildman–Crippen LogP) is 6.22. The highest BCUT2D eigenvalue weighted by Crippen LogP contribution is 2.34. The van der Waals surface area contributed by atoms with Gasteiger partial charge in [-0.25, -0.2) is 8.78 Å². The van der Waals surface area contributed by atoms with E-state index in [9.17, 15) is 17.6 Å². The highest BCUT2D eigenvalue weighted by Gasteiger charge is 2.27. The fourth-order valence-corrected chi connectivity index (χ4v) is 2.44. The Morgan fingerprint density at radius 1 is 0.778 bits per heavy atom. The van der Waals surface area contributed by atoms with Crippen molar-refractivity contribution in [1.82, 2.24) is 0 Å². The molecule has 0 saturated carbocycles. The SMILES string of the molecule is C=Cc1ccc(-c2ccc(Oc3c(F)c(F)c(C#N)c(F)c3F)cc2)cc1. The number of ether oxygens (including phenoxy) is 1. The molecule has 0 heterocycles. The van der Waals surface area contributed by atoms with Crippen LogP contribution in [-0.4, -0.2) is 0 Å². The van der Waals surface area contributed by atoms with Crippen molar-refractivity contribution >= 4 is 6.08 Å². The normalized spacial score (nSPS) is 10.3. The Balaban J connectivity index is 1.91. The zero-order valence-electron chi connectivity index (χ0n) is 13.8. The van der Waals surface area contributed by atoms with Crippen LogP contribution in [0.4, 0.5) is 17.6 Å². The van der Waals surface area contributed by atoms with Gasteiger partial charge >= 0.3 is 0 Å². The molecule has 0 radical (unpaired) electrons. The first-order valence-corrected chi connectivity index (χ1v) is 7.73. The topological polar surface area (TPSA) is 33.0 Å². The van der Waals surface area contributed by atoms with Gasteiger partial charge in [0.05, 0.1) is 0 Å². The molecule has 134 valence electrons. The molecule has 2 nitrogen and oxygen atoms in total. The van der Waals surface area contributed by atoms with Crippen LogP contribution in [0.5, 0.6) is 11.5 Å². The molecular weight excluding hydrogens is 358 g/mol. The summed E-state index contributed by atoms with van der Waals surface area (Å²) in [7, 11) is 0. The van der Waals surface area contributed by atoms with E-state index in [1.807, 2.05) is 24.3 Å². The van der Waals surface area contributed by atoms with Crippen molar-refractivity contribution in [2.24, 2.45) is 0 Å². The lowest BCUT2D eigenvalue weighted by molar-refractivity contribution is 0.364. The lowest BCUT2D eigenvalue weighted by atomic mass is 10.0. The minimum absolute atomic E-state index is 0.0252. The number of hydrogen-bond acceptors (Lipinski definition) is 2. The van der Waals surface area contributed by atoms with Gasteiger partial charge in [-0.2, -0.15) is 14.0 Å². The van der Waals surface area contributed by atoms with Crippen molar-refractivity contribution in [3.63, 3.8) is 0 Å². The average Bonchev–Trinajstić information content (AvgIpc) is 2.71. The summed E-state index contributed by atoms with van der Waals surface area (Å²) >= 11 is 0. The van der Waals surface area contributed by atoms with Crippen LogP contribution in [0.1, 0.15) is 11.1 Å². The summed E-state index contributed by atoms with van der Waals surface area (Å²) in [5, 5.41) is 8.59. The number of rotatable bonds is 4. The lowest BCUT2D eigenvalue weighted by Gasteiger charge is -2.11. The van der Waals surface area contributed by atoms with Gasteiger partial charge in [-0.15, -0.1) is 0 Å². The molecule has 0 unspecified atom stereocenters. The van der Waals surface area contributed by atoms with Gasteiger partial charge in [0.15, 0.2) is 11.6 Å². The van der Waals surface area contributed by atoms with Crippen LogP contribution in [0.2, 0.25) is 0 Å². The number of nitrogens with zero attached hydrogens (tertiary/aromatic N) is 1. The second kappa shape index (κ2) is 7.34.